The van der Waals surface area contributed by atoms with Gasteiger partial charge in [0.05, 0.1) is 26.0 Å². The van der Waals surface area contributed by atoms with Crippen LogP contribution >= 0.6 is 0 Å². The van der Waals surface area contributed by atoms with Gasteiger partial charge in [-0.2, -0.15) is 5.10 Å². The Morgan fingerprint density at radius 1 is 1.08 bits per heavy atom. The van der Waals surface area contributed by atoms with Crippen molar-refractivity contribution in [2.24, 2.45) is 0 Å². The molecule has 1 fully saturated rings. The maximum atomic E-state index is 14.1. The van der Waals surface area contributed by atoms with E-state index in [2.05, 4.69) is 15.7 Å². The van der Waals surface area contributed by atoms with Crippen molar-refractivity contribution in [1.29, 1.82) is 0 Å². The van der Waals surface area contributed by atoms with Crippen LogP contribution in [0.5, 0.6) is 11.5 Å². The third-order valence-electron chi connectivity index (χ3n) is 7.14. The largest absolute Gasteiger partial charge is 0.493 e. The van der Waals surface area contributed by atoms with E-state index in [-0.39, 0.29) is 24.4 Å². The van der Waals surface area contributed by atoms with Gasteiger partial charge in [-0.05, 0) is 43.2 Å². The fraction of sp³-hybridized carbons (Fsp3) is 0.407. The van der Waals surface area contributed by atoms with Gasteiger partial charge in [0.2, 0.25) is 0 Å². The molecule has 3 aromatic rings. The smallest absolute Gasteiger partial charge is 0.260 e. The van der Waals surface area contributed by atoms with Crippen LogP contribution in [0.2, 0.25) is 0 Å². The molecule has 2 N–H and O–H groups in total. The van der Waals surface area contributed by atoms with Crippen molar-refractivity contribution in [3.8, 4) is 22.8 Å². The summed E-state index contributed by atoms with van der Waals surface area (Å²) in [7, 11) is 3.10. The lowest BCUT2D eigenvalue weighted by Gasteiger charge is -2.34. The predicted molar refractivity (Wildman–Crippen MR) is 137 cm³/mol. The number of ether oxygens (including phenoxy) is 2. The van der Waals surface area contributed by atoms with Gasteiger partial charge in [-0.3, -0.25) is 4.79 Å². The fourth-order valence-corrected chi connectivity index (χ4v) is 5.07. The maximum absolute atomic E-state index is 14.1. The number of aromatic nitrogens is 2. The molecule has 8 nitrogen and oxygen atoms in total. The molecular weight excluding hydrogens is 480 g/mol. The molecule has 37 heavy (non-hydrogen) atoms. The highest BCUT2D eigenvalue weighted by Crippen LogP contribution is 2.41. The van der Waals surface area contributed by atoms with Crippen LogP contribution in [-0.2, 0) is 0 Å². The molecule has 2 aliphatic rings. The summed E-state index contributed by atoms with van der Waals surface area (Å²) in [6.07, 6.45) is -2.42. The number of nitrogens with one attached hydrogen (secondary N) is 2. The lowest BCUT2D eigenvalue weighted by molar-refractivity contribution is 0.0652. The van der Waals surface area contributed by atoms with E-state index in [9.17, 15) is 13.6 Å². The summed E-state index contributed by atoms with van der Waals surface area (Å²) in [5, 5.41) is 11.2. The highest BCUT2D eigenvalue weighted by Gasteiger charge is 2.35. The predicted octanol–water partition coefficient (Wildman–Crippen LogP) is 4.36. The van der Waals surface area contributed by atoms with E-state index in [1.807, 2.05) is 30.0 Å². The van der Waals surface area contributed by atoms with E-state index in [0.717, 1.165) is 24.2 Å². The number of amides is 1. The second kappa shape index (κ2) is 10.4. The van der Waals surface area contributed by atoms with E-state index < -0.39 is 12.5 Å². The Kier molecular flexibility index (Phi) is 7.01. The Morgan fingerprint density at radius 3 is 2.51 bits per heavy atom. The summed E-state index contributed by atoms with van der Waals surface area (Å²) in [5.74, 6) is 1.62. The number of carbonyl (C=O) groups is 1. The molecule has 2 unspecified atom stereocenters. The lowest BCUT2D eigenvalue weighted by Crippen LogP contribution is -2.52. The van der Waals surface area contributed by atoms with Gasteiger partial charge in [-0.1, -0.05) is 18.2 Å². The molecule has 0 saturated carbocycles. The third-order valence-corrected chi connectivity index (χ3v) is 7.14. The number of piperazine rings is 1. The van der Waals surface area contributed by atoms with Crippen LogP contribution in [0.3, 0.4) is 0 Å². The van der Waals surface area contributed by atoms with Gasteiger partial charge in [0.25, 0.3) is 12.3 Å². The Balaban J connectivity index is 1.40. The molecule has 0 radical (unpaired) electrons. The minimum absolute atomic E-state index is 0.0122. The van der Waals surface area contributed by atoms with E-state index in [0.29, 0.717) is 35.1 Å². The quantitative estimate of drug-likeness (QED) is 0.512. The van der Waals surface area contributed by atoms with E-state index in [1.165, 1.54) is 4.68 Å². The molecule has 2 aromatic carbocycles. The number of fused-ring (bicyclic) bond motifs is 1. The number of halogens is 2. The number of carbonyl (C=O) groups excluding carboxylic acids is 1. The minimum Gasteiger partial charge on any atom is -0.493 e. The van der Waals surface area contributed by atoms with E-state index in [1.54, 1.807) is 44.6 Å². The van der Waals surface area contributed by atoms with Gasteiger partial charge in [-0.25, -0.2) is 13.5 Å². The van der Waals surface area contributed by atoms with Gasteiger partial charge in [0, 0.05) is 42.9 Å². The second-order valence-corrected chi connectivity index (χ2v) is 9.44. The zero-order chi connectivity index (χ0) is 26.1. The third kappa shape index (κ3) is 4.85. The molecule has 10 heteroatoms. The van der Waals surface area contributed by atoms with Crippen molar-refractivity contribution in [2.75, 3.05) is 39.2 Å². The first kappa shape index (κ1) is 25.0. The molecule has 1 aromatic heterocycles. The number of rotatable bonds is 6. The minimum atomic E-state index is -2.59. The van der Waals surface area contributed by atoms with Crippen LogP contribution in [-0.4, -0.2) is 66.9 Å². The molecule has 2 aliphatic heterocycles. The van der Waals surface area contributed by atoms with Crippen molar-refractivity contribution in [3.63, 3.8) is 0 Å². The number of anilines is 1. The number of benzene rings is 2. The monoisotopic (exact) mass is 511 g/mol. The van der Waals surface area contributed by atoms with Crippen LogP contribution in [0.1, 0.15) is 41.3 Å². The Hall–Kier alpha value is -3.66. The molecule has 0 aliphatic carbocycles. The van der Waals surface area contributed by atoms with Gasteiger partial charge in [0.15, 0.2) is 11.5 Å². The highest BCUT2D eigenvalue weighted by molar-refractivity contribution is 5.95. The van der Waals surface area contributed by atoms with E-state index >= 15 is 0 Å². The summed E-state index contributed by atoms with van der Waals surface area (Å²) in [5.41, 5.74) is 2.74. The Labute approximate surface area is 214 Å². The molecule has 5 rings (SSSR count). The number of nitrogens with zero attached hydrogens (tertiary/aromatic N) is 3. The van der Waals surface area contributed by atoms with E-state index in [4.69, 9.17) is 9.47 Å². The first-order valence-electron chi connectivity index (χ1n) is 12.4. The van der Waals surface area contributed by atoms with Crippen LogP contribution < -0.4 is 20.1 Å². The molecule has 1 saturated heterocycles. The average molecular weight is 512 g/mol. The van der Waals surface area contributed by atoms with Crippen LogP contribution in [0, 0.1) is 0 Å². The number of methoxy groups -OCH3 is 2. The van der Waals surface area contributed by atoms with Crippen LogP contribution in [0.25, 0.3) is 11.3 Å². The standard InChI is InChI=1S/C27H31F2N5O3/c1-16-15-30-10-11-33(16)27(35)18-6-4-17(5-7-18)21-14-25-31-20(13-22(26(28)29)34(25)32-21)19-8-9-23(36-2)24(12-19)37-3/h4-9,12,14,16,20,22,26,30-31H,10-11,13,15H2,1-3H3/t16-,20?,22?/m0/s1. The molecular formula is C27H31F2N5O3. The molecule has 1 amide bonds. The highest BCUT2D eigenvalue weighted by atomic mass is 19.3. The zero-order valence-electron chi connectivity index (χ0n) is 21.1. The van der Waals surface area contributed by atoms with Crippen molar-refractivity contribution in [2.45, 2.75) is 37.9 Å². The van der Waals surface area contributed by atoms with Gasteiger partial charge < -0.3 is 25.0 Å². The molecule has 196 valence electrons. The summed E-state index contributed by atoms with van der Waals surface area (Å²) < 4.78 is 40.3. The second-order valence-electron chi connectivity index (χ2n) is 9.44. The number of alkyl halides is 2. The van der Waals surface area contributed by atoms with Crippen molar-refractivity contribution < 1.29 is 23.0 Å². The topological polar surface area (TPSA) is 80.7 Å². The van der Waals surface area contributed by atoms with Crippen molar-refractivity contribution >= 4 is 11.7 Å². The molecule has 0 spiro atoms. The summed E-state index contributed by atoms with van der Waals surface area (Å²) in [6, 6.07) is 13.1. The Morgan fingerprint density at radius 2 is 1.84 bits per heavy atom. The normalized spacial score (nSPS) is 21.4. The molecule has 3 atom stereocenters. The first-order valence-corrected chi connectivity index (χ1v) is 12.4. The summed E-state index contributed by atoms with van der Waals surface area (Å²) in [4.78, 5) is 14.8. The molecule has 0 bridgehead atoms. The fourth-order valence-electron chi connectivity index (χ4n) is 5.07. The zero-order valence-corrected chi connectivity index (χ0v) is 21.1. The molecule has 3 heterocycles. The van der Waals surface area contributed by atoms with Crippen molar-refractivity contribution in [1.82, 2.24) is 20.0 Å². The summed E-state index contributed by atoms with van der Waals surface area (Å²) in [6.45, 7) is 4.23. The SMILES string of the molecule is COc1ccc(C2CC(C(F)F)n3nc(-c4ccc(C(=O)N5CCNC[C@@H]5C)cc4)cc3N2)cc1OC. The van der Waals surface area contributed by atoms with Crippen molar-refractivity contribution in [3.05, 3.63) is 59.7 Å². The number of hydrogen-bond acceptors (Lipinski definition) is 6. The number of hydrogen-bond donors (Lipinski definition) is 2. The first-order chi connectivity index (χ1) is 17.9. The Bertz CT molecular complexity index is 1260. The average Bonchev–Trinajstić information content (AvgIpc) is 3.36. The van der Waals surface area contributed by atoms with Crippen LogP contribution in [0.4, 0.5) is 14.6 Å². The lowest BCUT2D eigenvalue weighted by atomic mass is 9.97. The maximum Gasteiger partial charge on any atom is 0.260 e. The van der Waals surface area contributed by atoms with Crippen LogP contribution in [0.15, 0.2) is 48.5 Å². The van der Waals surface area contributed by atoms with Gasteiger partial charge in [0.1, 0.15) is 11.9 Å². The van der Waals surface area contributed by atoms with Gasteiger partial charge >= 0.3 is 0 Å². The summed E-state index contributed by atoms with van der Waals surface area (Å²) >= 11 is 0. The van der Waals surface area contributed by atoms with Gasteiger partial charge in [-0.15, -0.1) is 0 Å².